The molecule has 5 heteroatoms. The van der Waals surface area contributed by atoms with E-state index in [1.54, 1.807) is 18.5 Å². The highest BCUT2D eigenvalue weighted by molar-refractivity contribution is 5.93. The van der Waals surface area contributed by atoms with Crippen LogP contribution in [0.2, 0.25) is 0 Å². The molecular weight excluding hydrogens is 280 g/mol. The molecular formula is C17H24N2O3. The summed E-state index contributed by atoms with van der Waals surface area (Å²) < 4.78 is 11.9. The maximum Gasteiger partial charge on any atom is 0.255 e. The van der Waals surface area contributed by atoms with E-state index >= 15 is 0 Å². The van der Waals surface area contributed by atoms with E-state index < -0.39 is 0 Å². The van der Waals surface area contributed by atoms with Gasteiger partial charge in [-0.1, -0.05) is 0 Å². The summed E-state index contributed by atoms with van der Waals surface area (Å²) in [6.45, 7) is 5.05. The molecule has 0 radical (unpaired) electrons. The normalized spacial score (nSPS) is 24.4. The lowest BCUT2D eigenvalue weighted by atomic mass is 9.83. The predicted octanol–water partition coefficient (Wildman–Crippen LogP) is 2.27. The third kappa shape index (κ3) is 3.31. The topological polar surface area (TPSA) is 51.7 Å². The highest BCUT2D eigenvalue weighted by Gasteiger charge is 2.41. The van der Waals surface area contributed by atoms with Crippen molar-refractivity contribution in [2.24, 2.45) is 0 Å². The molecule has 1 atom stereocenters. The zero-order valence-corrected chi connectivity index (χ0v) is 13.2. The van der Waals surface area contributed by atoms with E-state index in [2.05, 4.69) is 4.98 Å². The van der Waals surface area contributed by atoms with E-state index in [1.165, 1.54) is 0 Å². The Morgan fingerprint density at radius 2 is 2.32 bits per heavy atom. The number of aromatic nitrogens is 1. The van der Waals surface area contributed by atoms with Gasteiger partial charge >= 0.3 is 0 Å². The van der Waals surface area contributed by atoms with Crippen molar-refractivity contribution in [3.05, 3.63) is 30.1 Å². The molecule has 2 fully saturated rings. The number of pyridine rings is 1. The molecule has 120 valence electrons. The Kier molecular flexibility index (Phi) is 4.74. The maximum absolute atomic E-state index is 12.5. The van der Waals surface area contributed by atoms with Crippen molar-refractivity contribution in [1.82, 2.24) is 9.88 Å². The zero-order chi connectivity index (χ0) is 15.4. The van der Waals surface area contributed by atoms with Crippen molar-refractivity contribution in [3.8, 4) is 0 Å². The second-order valence-corrected chi connectivity index (χ2v) is 6.14. The van der Waals surface area contributed by atoms with Gasteiger partial charge in [0.05, 0.1) is 17.3 Å². The van der Waals surface area contributed by atoms with Gasteiger partial charge in [0.25, 0.3) is 5.91 Å². The fourth-order valence-electron chi connectivity index (χ4n) is 3.50. The van der Waals surface area contributed by atoms with E-state index in [0.29, 0.717) is 11.7 Å². The van der Waals surface area contributed by atoms with Crippen molar-refractivity contribution in [1.29, 1.82) is 0 Å². The van der Waals surface area contributed by atoms with E-state index in [9.17, 15) is 4.79 Å². The molecule has 1 aromatic rings. The van der Waals surface area contributed by atoms with Crippen molar-refractivity contribution in [3.63, 3.8) is 0 Å². The van der Waals surface area contributed by atoms with E-state index in [-0.39, 0.29) is 11.5 Å². The zero-order valence-electron chi connectivity index (χ0n) is 13.2. The Hall–Kier alpha value is -1.46. The fourth-order valence-corrected chi connectivity index (χ4v) is 3.50. The quantitative estimate of drug-likeness (QED) is 0.859. The summed E-state index contributed by atoms with van der Waals surface area (Å²) >= 11 is 0. The Bertz CT molecular complexity index is 496. The highest BCUT2D eigenvalue weighted by atomic mass is 16.5. The Labute approximate surface area is 131 Å². The first-order valence-corrected chi connectivity index (χ1v) is 8.17. The minimum Gasteiger partial charge on any atom is -0.378 e. The van der Waals surface area contributed by atoms with Gasteiger partial charge < -0.3 is 14.4 Å². The summed E-state index contributed by atoms with van der Waals surface area (Å²) in [6, 6.07) is 3.62. The number of hydrogen-bond acceptors (Lipinski definition) is 4. The SMILES string of the molecule is CCOC1CCOC2(CCN(C(=O)c3cccnc3)CC2)C1. The molecule has 0 aliphatic carbocycles. The fraction of sp³-hybridized carbons (Fsp3) is 0.647. The van der Waals surface area contributed by atoms with Crippen LogP contribution < -0.4 is 0 Å². The van der Waals surface area contributed by atoms with Gasteiger partial charge in [0.2, 0.25) is 0 Å². The molecule has 0 aromatic carbocycles. The van der Waals surface area contributed by atoms with E-state index in [1.807, 2.05) is 17.9 Å². The molecule has 3 rings (SSSR count). The molecule has 2 aliphatic heterocycles. The summed E-state index contributed by atoms with van der Waals surface area (Å²) in [5.41, 5.74) is 0.569. The average Bonchev–Trinajstić information content (AvgIpc) is 2.56. The van der Waals surface area contributed by atoms with Gasteiger partial charge in [-0.2, -0.15) is 0 Å². The lowest BCUT2D eigenvalue weighted by molar-refractivity contribution is -0.151. The molecule has 22 heavy (non-hydrogen) atoms. The minimum absolute atomic E-state index is 0.0696. The van der Waals surface area contributed by atoms with Crippen LogP contribution in [0.1, 0.15) is 43.0 Å². The number of amides is 1. The number of piperidine rings is 1. The lowest BCUT2D eigenvalue weighted by Crippen LogP contribution is -2.52. The van der Waals surface area contributed by atoms with E-state index in [4.69, 9.17) is 9.47 Å². The van der Waals surface area contributed by atoms with Crippen molar-refractivity contribution < 1.29 is 14.3 Å². The second-order valence-electron chi connectivity index (χ2n) is 6.14. The largest absolute Gasteiger partial charge is 0.378 e. The Morgan fingerprint density at radius 1 is 1.50 bits per heavy atom. The van der Waals surface area contributed by atoms with Crippen molar-refractivity contribution in [2.45, 2.75) is 44.3 Å². The number of rotatable bonds is 3. The third-order valence-corrected chi connectivity index (χ3v) is 4.72. The van der Waals surface area contributed by atoms with Crippen LogP contribution in [0.5, 0.6) is 0 Å². The number of ether oxygens (including phenoxy) is 2. The van der Waals surface area contributed by atoms with Crippen molar-refractivity contribution in [2.75, 3.05) is 26.3 Å². The van der Waals surface area contributed by atoms with E-state index in [0.717, 1.165) is 52.0 Å². The predicted molar refractivity (Wildman–Crippen MR) is 82.7 cm³/mol. The van der Waals surface area contributed by atoms with Crippen LogP contribution in [0.4, 0.5) is 0 Å². The number of hydrogen-bond donors (Lipinski definition) is 0. The highest BCUT2D eigenvalue weighted by Crippen LogP contribution is 2.36. The monoisotopic (exact) mass is 304 g/mol. The van der Waals surface area contributed by atoms with Gasteiger partial charge in [-0.15, -0.1) is 0 Å². The molecule has 2 aliphatic rings. The molecule has 1 amide bonds. The molecule has 0 N–H and O–H groups in total. The molecule has 0 bridgehead atoms. The lowest BCUT2D eigenvalue weighted by Gasteiger charge is -2.46. The summed E-state index contributed by atoms with van der Waals surface area (Å²) in [5.74, 6) is 0.0696. The first-order valence-electron chi connectivity index (χ1n) is 8.17. The van der Waals surface area contributed by atoms with Gasteiger partial charge in [-0.25, -0.2) is 0 Å². The number of carbonyl (C=O) groups excluding carboxylic acids is 1. The summed E-state index contributed by atoms with van der Waals surface area (Å²) in [7, 11) is 0. The summed E-state index contributed by atoms with van der Waals surface area (Å²) in [4.78, 5) is 18.4. The molecule has 2 saturated heterocycles. The Morgan fingerprint density at radius 3 is 3.00 bits per heavy atom. The van der Waals surface area contributed by atoms with Crippen molar-refractivity contribution >= 4 is 5.91 Å². The number of likely N-dealkylation sites (tertiary alicyclic amines) is 1. The van der Waals surface area contributed by atoms with Gasteiger partial charge in [0.15, 0.2) is 0 Å². The third-order valence-electron chi connectivity index (χ3n) is 4.72. The van der Waals surface area contributed by atoms with Crippen LogP contribution in [0.15, 0.2) is 24.5 Å². The van der Waals surface area contributed by atoms with Crippen LogP contribution in [0.3, 0.4) is 0 Å². The molecule has 1 unspecified atom stereocenters. The standard InChI is InChI=1S/C17H24N2O3/c1-2-21-15-5-11-22-17(12-15)6-9-19(10-7-17)16(20)14-4-3-8-18-13-14/h3-4,8,13,15H,2,5-7,9-12H2,1H3. The summed E-state index contributed by atoms with van der Waals surface area (Å²) in [5, 5.41) is 0. The Balaban J connectivity index is 1.59. The van der Waals surface area contributed by atoms with Gasteiger partial charge in [0.1, 0.15) is 0 Å². The van der Waals surface area contributed by atoms with Crippen LogP contribution >= 0.6 is 0 Å². The van der Waals surface area contributed by atoms with Gasteiger partial charge in [-0.05, 0) is 38.3 Å². The van der Waals surface area contributed by atoms with Gasteiger partial charge in [-0.3, -0.25) is 9.78 Å². The summed E-state index contributed by atoms with van der Waals surface area (Å²) in [6.07, 6.45) is 7.34. The van der Waals surface area contributed by atoms with Crippen LogP contribution in [0.25, 0.3) is 0 Å². The minimum atomic E-state index is -0.0934. The average molecular weight is 304 g/mol. The molecule has 5 nitrogen and oxygen atoms in total. The maximum atomic E-state index is 12.5. The van der Waals surface area contributed by atoms with Crippen LogP contribution in [0, 0.1) is 0 Å². The molecule has 1 aromatic heterocycles. The first-order chi connectivity index (χ1) is 10.7. The first kappa shape index (κ1) is 15.4. The second kappa shape index (κ2) is 6.75. The molecule has 1 spiro atoms. The van der Waals surface area contributed by atoms with Crippen LogP contribution in [-0.4, -0.2) is 53.8 Å². The molecule has 0 saturated carbocycles. The number of carbonyl (C=O) groups is 1. The smallest absolute Gasteiger partial charge is 0.255 e. The van der Waals surface area contributed by atoms with Gasteiger partial charge in [0, 0.05) is 45.1 Å². The molecule has 3 heterocycles. The van der Waals surface area contributed by atoms with Crippen LogP contribution in [-0.2, 0) is 9.47 Å². The number of nitrogens with zero attached hydrogens (tertiary/aromatic N) is 2.